The van der Waals surface area contributed by atoms with Crippen molar-refractivity contribution in [2.24, 2.45) is 5.92 Å². The van der Waals surface area contributed by atoms with E-state index in [0.717, 1.165) is 12.5 Å². The standard InChI is InChI=1S/C14H26N2/c1-4-6-10-15(3)13-14-7-11-16(9-5-2)12-8-14/h2,14H,4,6-13H2,1,3H3. The van der Waals surface area contributed by atoms with Crippen molar-refractivity contribution in [3.8, 4) is 12.3 Å². The maximum atomic E-state index is 5.33. The molecule has 1 aliphatic heterocycles. The lowest BCUT2D eigenvalue weighted by Gasteiger charge is -2.32. The van der Waals surface area contributed by atoms with Gasteiger partial charge in [0, 0.05) is 6.54 Å². The van der Waals surface area contributed by atoms with Gasteiger partial charge in [-0.15, -0.1) is 6.42 Å². The average molecular weight is 222 g/mol. The van der Waals surface area contributed by atoms with Crippen LogP contribution >= 0.6 is 0 Å². The molecule has 0 bridgehead atoms. The molecule has 0 saturated carbocycles. The van der Waals surface area contributed by atoms with Crippen LogP contribution in [0.15, 0.2) is 0 Å². The Kier molecular flexibility index (Phi) is 6.52. The van der Waals surface area contributed by atoms with Crippen LogP contribution in [0.2, 0.25) is 0 Å². The summed E-state index contributed by atoms with van der Waals surface area (Å²) in [7, 11) is 2.25. The van der Waals surface area contributed by atoms with Crippen molar-refractivity contribution in [3.63, 3.8) is 0 Å². The summed E-state index contributed by atoms with van der Waals surface area (Å²) in [5, 5.41) is 0. The molecule has 0 N–H and O–H groups in total. The van der Waals surface area contributed by atoms with Gasteiger partial charge in [0.05, 0.1) is 6.54 Å². The zero-order valence-corrected chi connectivity index (χ0v) is 10.9. The first kappa shape index (κ1) is 13.5. The first-order valence-corrected chi connectivity index (χ1v) is 6.60. The van der Waals surface area contributed by atoms with Crippen LogP contribution < -0.4 is 0 Å². The van der Waals surface area contributed by atoms with Gasteiger partial charge in [-0.1, -0.05) is 19.3 Å². The van der Waals surface area contributed by atoms with E-state index >= 15 is 0 Å². The van der Waals surface area contributed by atoms with Gasteiger partial charge in [-0.05, 0) is 51.9 Å². The number of rotatable bonds is 6. The highest BCUT2D eigenvalue weighted by molar-refractivity contribution is 4.89. The fraction of sp³-hybridized carbons (Fsp3) is 0.857. The molecule has 1 aliphatic rings. The van der Waals surface area contributed by atoms with Crippen LogP contribution in [-0.2, 0) is 0 Å². The van der Waals surface area contributed by atoms with Crippen LogP contribution in [0.1, 0.15) is 32.6 Å². The van der Waals surface area contributed by atoms with Gasteiger partial charge in [-0.2, -0.15) is 0 Å². The Balaban J connectivity index is 2.14. The number of nitrogens with zero attached hydrogens (tertiary/aromatic N) is 2. The van der Waals surface area contributed by atoms with Gasteiger partial charge in [0.1, 0.15) is 0 Å². The average Bonchev–Trinajstić information content (AvgIpc) is 2.29. The lowest BCUT2D eigenvalue weighted by Crippen LogP contribution is -2.38. The van der Waals surface area contributed by atoms with Crippen LogP contribution in [0, 0.1) is 18.3 Å². The van der Waals surface area contributed by atoms with E-state index in [1.54, 1.807) is 0 Å². The highest BCUT2D eigenvalue weighted by Crippen LogP contribution is 2.17. The molecule has 0 aliphatic carbocycles. The third-order valence-electron chi connectivity index (χ3n) is 3.49. The molecule has 1 fully saturated rings. The topological polar surface area (TPSA) is 6.48 Å². The summed E-state index contributed by atoms with van der Waals surface area (Å²) >= 11 is 0. The molecule has 16 heavy (non-hydrogen) atoms. The minimum absolute atomic E-state index is 0.832. The summed E-state index contributed by atoms with van der Waals surface area (Å²) in [6.45, 7) is 7.99. The minimum Gasteiger partial charge on any atom is -0.306 e. The van der Waals surface area contributed by atoms with Crippen LogP contribution in [0.25, 0.3) is 0 Å². The highest BCUT2D eigenvalue weighted by Gasteiger charge is 2.19. The summed E-state index contributed by atoms with van der Waals surface area (Å²) < 4.78 is 0. The normalized spacial score (nSPS) is 18.9. The Morgan fingerprint density at radius 3 is 2.62 bits per heavy atom. The summed E-state index contributed by atoms with van der Waals surface area (Å²) in [4.78, 5) is 4.88. The minimum atomic E-state index is 0.832. The lowest BCUT2D eigenvalue weighted by atomic mass is 9.96. The first-order valence-electron chi connectivity index (χ1n) is 6.60. The predicted molar refractivity (Wildman–Crippen MR) is 70.4 cm³/mol. The van der Waals surface area contributed by atoms with Gasteiger partial charge in [-0.3, -0.25) is 4.90 Å². The second-order valence-corrected chi connectivity index (χ2v) is 5.04. The smallest absolute Gasteiger partial charge is 0.0598 e. The molecule has 0 spiro atoms. The van der Waals surface area contributed by atoms with E-state index in [1.807, 2.05) is 0 Å². The van der Waals surface area contributed by atoms with E-state index < -0.39 is 0 Å². The van der Waals surface area contributed by atoms with E-state index in [1.165, 1.54) is 51.9 Å². The van der Waals surface area contributed by atoms with Crippen LogP contribution in [0.3, 0.4) is 0 Å². The molecule has 0 aromatic carbocycles. The number of unbranched alkanes of at least 4 members (excludes halogenated alkanes) is 1. The van der Waals surface area contributed by atoms with Crippen molar-refractivity contribution in [3.05, 3.63) is 0 Å². The SMILES string of the molecule is C#CCN1CCC(CN(C)CCCC)CC1. The Morgan fingerprint density at radius 2 is 2.06 bits per heavy atom. The second kappa shape index (κ2) is 7.70. The molecule has 1 saturated heterocycles. The zero-order chi connectivity index (χ0) is 11.8. The van der Waals surface area contributed by atoms with Crippen molar-refractivity contribution in [2.75, 3.05) is 39.8 Å². The number of hydrogen-bond donors (Lipinski definition) is 0. The molecule has 0 aromatic heterocycles. The maximum absolute atomic E-state index is 5.33. The molecular weight excluding hydrogens is 196 g/mol. The summed E-state index contributed by atoms with van der Waals surface area (Å²) in [6.07, 6.45) is 10.6. The Bertz CT molecular complexity index is 211. The van der Waals surface area contributed by atoms with E-state index in [-0.39, 0.29) is 0 Å². The van der Waals surface area contributed by atoms with E-state index in [2.05, 4.69) is 29.7 Å². The number of terminal acetylenes is 1. The highest BCUT2D eigenvalue weighted by atomic mass is 15.1. The van der Waals surface area contributed by atoms with Crippen molar-refractivity contribution < 1.29 is 0 Å². The van der Waals surface area contributed by atoms with Crippen molar-refractivity contribution in [2.45, 2.75) is 32.6 Å². The molecule has 0 unspecified atom stereocenters. The molecule has 1 heterocycles. The maximum Gasteiger partial charge on any atom is 0.0598 e. The number of likely N-dealkylation sites (tertiary alicyclic amines) is 1. The number of piperidine rings is 1. The van der Waals surface area contributed by atoms with Gasteiger partial charge in [0.25, 0.3) is 0 Å². The second-order valence-electron chi connectivity index (χ2n) is 5.04. The first-order chi connectivity index (χ1) is 7.76. The monoisotopic (exact) mass is 222 g/mol. The van der Waals surface area contributed by atoms with Crippen LogP contribution in [0.4, 0.5) is 0 Å². The third kappa shape index (κ3) is 5.01. The van der Waals surface area contributed by atoms with Crippen LogP contribution in [-0.4, -0.2) is 49.6 Å². The Morgan fingerprint density at radius 1 is 1.38 bits per heavy atom. The third-order valence-corrected chi connectivity index (χ3v) is 3.49. The van der Waals surface area contributed by atoms with Crippen molar-refractivity contribution in [1.29, 1.82) is 0 Å². The zero-order valence-electron chi connectivity index (χ0n) is 10.9. The molecule has 2 heteroatoms. The summed E-state index contributed by atoms with van der Waals surface area (Å²) in [5.74, 6) is 3.62. The van der Waals surface area contributed by atoms with Crippen molar-refractivity contribution >= 4 is 0 Å². The molecule has 0 amide bonds. The molecular formula is C14H26N2. The fourth-order valence-electron chi connectivity index (χ4n) is 2.42. The van der Waals surface area contributed by atoms with Crippen LogP contribution in [0.5, 0.6) is 0 Å². The van der Waals surface area contributed by atoms with Gasteiger partial charge >= 0.3 is 0 Å². The lowest BCUT2D eigenvalue weighted by molar-refractivity contribution is 0.166. The molecule has 2 nitrogen and oxygen atoms in total. The van der Waals surface area contributed by atoms with E-state index in [4.69, 9.17) is 6.42 Å². The van der Waals surface area contributed by atoms with Gasteiger partial charge in [0.15, 0.2) is 0 Å². The Labute approximate surface area is 101 Å². The quantitative estimate of drug-likeness (QED) is 0.635. The number of hydrogen-bond acceptors (Lipinski definition) is 2. The molecule has 1 rings (SSSR count). The molecule has 0 aromatic rings. The molecule has 92 valence electrons. The molecule has 0 atom stereocenters. The van der Waals surface area contributed by atoms with E-state index in [9.17, 15) is 0 Å². The van der Waals surface area contributed by atoms with Crippen molar-refractivity contribution in [1.82, 2.24) is 9.80 Å². The largest absolute Gasteiger partial charge is 0.306 e. The van der Waals surface area contributed by atoms with Gasteiger partial charge < -0.3 is 4.90 Å². The molecule has 0 radical (unpaired) electrons. The van der Waals surface area contributed by atoms with Gasteiger partial charge in [0.2, 0.25) is 0 Å². The van der Waals surface area contributed by atoms with Gasteiger partial charge in [-0.25, -0.2) is 0 Å². The van der Waals surface area contributed by atoms with E-state index in [0.29, 0.717) is 0 Å². The Hall–Kier alpha value is -0.520. The summed E-state index contributed by atoms with van der Waals surface area (Å²) in [5.41, 5.74) is 0. The summed E-state index contributed by atoms with van der Waals surface area (Å²) in [6, 6.07) is 0. The predicted octanol–water partition coefficient (Wildman–Crippen LogP) is 2.06. The fourth-order valence-corrected chi connectivity index (χ4v) is 2.42.